The third kappa shape index (κ3) is 2.89. The van der Waals surface area contributed by atoms with E-state index in [-0.39, 0.29) is 29.8 Å². The second-order valence-corrected chi connectivity index (χ2v) is 7.39. The predicted octanol–water partition coefficient (Wildman–Crippen LogP) is 2.31. The normalized spacial score (nSPS) is 25.2. The van der Waals surface area contributed by atoms with Crippen LogP contribution in [0, 0.1) is 5.92 Å². The molecule has 0 bridgehead atoms. The molecule has 2 aliphatic rings. The molecule has 136 valence electrons. The second kappa shape index (κ2) is 6.59. The van der Waals surface area contributed by atoms with Gasteiger partial charge in [-0.15, -0.1) is 0 Å². The van der Waals surface area contributed by atoms with Crippen molar-refractivity contribution in [3.8, 4) is 0 Å². The van der Waals surface area contributed by atoms with Gasteiger partial charge in [0, 0.05) is 17.1 Å². The minimum Gasteiger partial charge on any atom is -0.480 e. The van der Waals surface area contributed by atoms with Crippen LogP contribution in [0.5, 0.6) is 0 Å². The average Bonchev–Trinajstić information content (AvgIpc) is 3.02. The topological polar surface area (TPSA) is 90.5 Å². The minimum atomic E-state index is -0.944. The van der Waals surface area contributed by atoms with E-state index < -0.39 is 12.0 Å². The first-order valence-electron chi connectivity index (χ1n) is 9.19. The summed E-state index contributed by atoms with van der Waals surface area (Å²) in [6.07, 6.45) is 4.42. The zero-order chi connectivity index (χ0) is 18.3. The van der Waals surface area contributed by atoms with Gasteiger partial charge in [0.1, 0.15) is 6.04 Å². The number of hydrogen-bond donors (Lipinski definition) is 2. The number of carbonyl (C=O) groups excluding carboxylic acids is 1. The molecule has 0 spiro atoms. The maximum absolute atomic E-state index is 13.0. The Morgan fingerprint density at radius 1 is 1.19 bits per heavy atom. The van der Waals surface area contributed by atoms with Gasteiger partial charge in [0.05, 0.1) is 6.42 Å². The molecule has 2 fully saturated rings. The molecule has 1 saturated heterocycles. The summed E-state index contributed by atoms with van der Waals surface area (Å²) in [5.41, 5.74) is 0.825. The van der Waals surface area contributed by atoms with E-state index in [0.29, 0.717) is 12.0 Å². The smallest absolute Gasteiger partial charge is 0.326 e. The fourth-order valence-electron chi connectivity index (χ4n) is 4.62. The van der Waals surface area contributed by atoms with E-state index >= 15 is 0 Å². The van der Waals surface area contributed by atoms with Crippen LogP contribution < -0.4 is 5.56 Å². The summed E-state index contributed by atoms with van der Waals surface area (Å²) in [5.74, 6) is -0.934. The van der Waals surface area contributed by atoms with E-state index in [2.05, 4.69) is 4.98 Å². The highest BCUT2D eigenvalue weighted by atomic mass is 16.4. The number of hydrogen-bond acceptors (Lipinski definition) is 3. The number of aromatic amines is 1. The first-order valence-corrected chi connectivity index (χ1v) is 9.19. The molecule has 1 aromatic heterocycles. The first kappa shape index (κ1) is 16.8. The number of nitrogens with zero attached hydrogens (tertiary/aromatic N) is 1. The van der Waals surface area contributed by atoms with Crippen molar-refractivity contribution >= 4 is 22.8 Å². The quantitative estimate of drug-likeness (QED) is 0.885. The number of carbonyl (C=O) groups is 2. The minimum absolute atomic E-state index is 0.00288. The molecular weight excluding hydrogens is 332 g/mol. The van der Waals surface area contributed by atoms with E-state index in [4.69, 9.17) is 0 Å². The summed E-state index contributed by atoms with van der Waals surface area (Å²) in [4.78, 5) is 41.4. The molecule has 2 heterocycles. The highest BCUT2D eigenvalue weighted by molar-refractivity contribution is 5.87. The summed E-state index contributed by atoms with van der Waals surface area (Å²) < 4.78 is 0. The fourth-order valence-corrected chi connectivity index (χ4v) is 4.62. The number of carboxylic acids is 1. The van der Waals surface area contributed by atoms with Crippen molar-refractivity contribution < 1.29 is 14.7 Å². The zero-order valence-electron chi connectivity index (χ0n) is 14.5. The molecule has 1 amide bonds. The number of likely N-dealkylation sites (tertiary alicyclic amines) is 1. The van der Waals surface area contributed by atoms with Gasteiger partial charge in [-0.2, -0.15) is 0 Å². The van der Waals surface area contributed by atoms with Crippen molar-refractivity contribution in [2.75, 3.05) is 0 Å². The van der Waals surface area contributed by atoms with Crippen LogP contribution in [-0.2, 0) is 16.0 Å². The van der Waals surface area contributed by atoms with Crippen molar-refractivity contribution in [2.24, 2.45) is 5.92 Å². The Labute approximate surface area is 150 Å². The lowest BCUT2D eigenvalue weighted by Gasteiger charge is -2.33. The molecule has 1 aliphatic heterocycles. The van der Waals surface area contributed by atoms with Crippen LogP contribution in [0.25, 0.3) is 10.9 Å². The number of carboxylic acid groups (broad SMARTS) is 1. The van der Waals surface area contributed by atoms with E-state index in [0.717, 1.165) is 36.6 Å². The zero-order valence-corrected chi connectivity index (χ0v) is 14.5. The van der Waals surface area contributed by atoms with Gasteiger partial charge >= 0.3 is 5.97 Å². The van der Waals surface area contributed by atoms with Crippen LogP contribution in [0.1, 0.15) is 37.7 Å². The molecule has 2 aromatic rings. The first-order chi connectivity index (χ1) is 12.5. The SMILES string of the molecule is O=C(O)[C@@H]1C[C@H]2CCCC[C@H]2N1C(=O)Cc1cc2ccccc2[nH]c1=O. The predicted molar refractivity (Wildman–Crippen MR) is 96.9 cm³/mol. The van der Waals surface area contributed by atoms with Gasteiger partial charge < -0.3 is 15.0 Å². The fraction of sp³-hybridized carbons (Fsp3) is 0.450. The maximum atomic E-state index is 13.0. The van der Waals surface area contributed by atoms with Gasteiger partial charge in [-0.25, -0.2) is 4.79 Å². The molecule has 0 unspecified atom stereocenters. The molecule has 6 heteroatoms. The van der Waals surface area contributed by atoms with E-state index in [1.54, 1.807) is 11.0 Å². The number of pyridine rings is 1. The van der Waals surface area contributed by atoms with Crippen molar-refractivity contribution in [3.05, 3.63) is 46.2 Å². The van der Waals surface area contributed by atoms with Crippen LogP contribution >= 0.6 is 0 Å². The Morgan fingerprint density at radius 2 is 1.96 bits per heavy atom. The van der Waals surface area contributed by atoms with Crippen LogP contribution in [0.3, 0.4) is 0 Å². The number of fused-ring (bicyclic) bond motifs is 2. The Morgan fingerprint density at radius 3 is 2.77 bits per heavy atom. The number of rotatable bonds is 3. The van der Waals surface area contributed by atoms with Crippen LogP contribution in [-0.4, -0.2) is 39.0 Å². The standard InChI is InChI=1S/C20H22N2O4/c23-18(11-14-9-12-5-1-3-7-15(12)21-19(14)24)22-16-8-4-2-6-13(16)10-17(22)20(25)26/h1,3,5,7,9,13,16-17H,2,4,6,8,10-11H2,(H,21,24)(H,25,26)/t13-,16-,17+/m1/s1. The van der Waals surface area contributed by atoms with Crippen molar-refractivity contribution in [2.45, 2.75) is 50.6 Å². The third-order valence-corrected chi connectivity index (χ3v) is 5.83. The summed E-state index contributed by atoms with van der Waals surface area (Å²) in [7, 11) is 0. The second-order valence-electron chi connectivity index (χ2n) is 7.39. The Balaban J connectivity index is 1.63. The molecule has 0 radical (unpaired) electrons. The summed E-state index contributed by atoms with van der Waals surface area (Å²) >= 11 is 0. The Hall–Kier alpha value is -2.63. The third-order valence-electron chi connectivity index (χ3n) is 5.83. The molecule has 6 nitrogen and oxygen atoms in total. The molecule has 26 heavy (non-hydrogen) atoms. The van der Waals surface area contributed by atoms with Crippen molar-refractivity contribution in [1.82, 2.24) is 9.88 Å². The van der Waals surface area contributed by atoms with Crippen LogP contribution in [0.2, 0.25) is 0 Å². The lowest BCUT2D eigenvalue weighted by atomic mass is 9.84. The highest BCUT2D eigenvalue weighted by Gasteiger charge is 2.47. The van der Waals surface area contributed by atoms with Gasteiger partial charge in [0.25, 0.3) is 5.56 Å². The number of amides is 1. The average molecular weight is 354 g/mol. The number of aromatic nitrogens is 1. The number of para-hydroxylation sites is 1. The molecule has 3 atom stereocenters. The molecule has 4 rings (SSSR count). The lowest BCUT2D eigenvalue weighted by molar-refractivity contribution is -0.149. The largest absolute Gasteiger partial charge is 0.480 e. The summed E-state index contributed by atoms with van der Waals surface area (Å²) in [6.45, 7) is 0. The van der Waals surface area contributed by atoms with E-state index in [1.165, 1.54) is 0 Å². The molecule has 1 saturated carbocycles. The van der Waals surface area contributed by atoms with E-state index in [1.807, 2.05) is 24.3 Å². The van der Waals surface area contributed by atoms with Gasteiger partial charge in [-0.1, -0.05) is 31.0 Å². The van der Waals surface area contributed by atoms with Crippen molar-refractivity contribution in [1.29, 1.82) is 0 Å². The summed E-state index contributed by atoms with van der Waals surface area (Å²) in [5, 5.41) is 10.4. The highest BCUT2D eigenvalue weighted by Crippen LogP contribution is 2.40. The van der Waals surface area contributed by atoms with E-state index in [9.17, 15) is 19.5 Å². The Kier molecular flexibility index (Phi) is 4.26. The van der Waals surface area contributed by atoms with Crippen LogP contribution in [0.15, 0.2) is 35.1 Å². The molecular formula is C20H22N2O4. The number of benzene rings is 1. The number of H-pyrrole nitrogens is 1. The van der Waals surface area contributed by atoms with Gasteiger partial charge in [0.15, 0.2) is 0 Å². The maximum Gasteiger partial charge on any atom is 0.326 e. The number of nitrogens with one attached hydrogen (secondary N) is 1. The number of aliphatic carboxylic acids is 1. The van der Waals surface area contributed by atoms with Gasteiger partial charge in [0.2, 0.25) is 5.91 Å². The van der Waals surface area contributed by atoms with Gasteiger partial charge in [-0.05, 0) is 42.7 Å². The Bertz CT molecular complexity index is 919. The summed E-state index contributed by atoms with van der Waals surface area (Å²) in [6, 6.07) is 8.37. The molecule has 1 aliphatic carbocycles. The van der Waals surface area contributed by atoms with Crippen molar-refractivity contribution in [3.63, 3.8) is 0 Å². The van der Waals surface area contributed by atoms with Crippen LogP contribution in [0.4, 0.5) is 0 Å². The van der Waals surface area contributed by atoms with Gasteiger partial charge in [-0.3, -0.25) is 9.59 Å². The molecule has 1 aromatic carbocycles. The lowest BCUT2D eigenvalue weighted by Crippen LogP contribution is -2.47. The monoisotopic (exact) mass is 354 g/mol. The molecule has 2 N–H and O–H groups in total.